The average molecular weight is 290 g/mol. The predicted molar refractivity (Wildman–Crippen MR) is 75.9 cm³/mol. The third-order valence-electron chi connectivity index (χ3n) is 3.02. The number of aromatic nitrogens is 3. The minimum absolute atomic E-state index is 0.0717. The molecule has 0 spiro atoms. The number of benzene rings is 1. The van der Waals surface area contributed by atoms with Crippen LogP contribution in [0.3, 0.4) is 0 Å². The minimum Gasteiger partial charge on any atom is -0.478 e. The lowest BCUT2D eigenvalue weighted by molar-refractivity contribution is 0.0695. The van der Waals surface area contributed by atoms with Gasteiger partial charge in [-0.1, -0.05) is 18.2 Å². The van der Waals surface area contributed by atoms with E-state index in [9.17, 15) is 14.4 Å². The van der Waals surface area contributed by atoms with Crippen LogP contribution in [0.5, 0.6) is 0 Å². The van der Waals surface area contributed by atoms with Crippen LogP contribution in [0.15, 0.2) is 33.9 Å². The van der Waals surface area contributed by atoms with Crippen LogP contribution in [0.1, 0.15) is 15.9 Å². The fourth-order valence-electron chi connectivity index (χ4n) is 1.94. The van der Waals surface area contributed by atoms with Gasteiger partial charge >= 0.3 is 11.7 Å². The number of carboxylic acids is 1. The van der Waals surface area contributed by atoms with Crippen molar-refractivity contribution in [3.05, 3.63) is 56.2 Å². The molecule has 8 heteroatoms. The fourth-order valence-corrected chi connectivity index (χ4v) is 1.94. The quantitative estimate of drug-likeness (QED) is 0.703. The van der Waals surface area contributed by atoms with E-state index in [0.29, 0.717) is 18.5 Å². The first-order valence-electron chi connectivity index (χ1n) is 6.20. The maximum absolute atomic E-state index is 11.6. The minimum atomic E-state index is -0.992. The molecule has 0 amide bonds. The lowest BCUT2D eigenvalue weighted by Gasteiger charge is -2.16. The summed E-state index contributed by atoms with van der Waals surface area (Å²) in [6.45, 7) is 0.381. The Kier molecular flexibility index (Phi) is 4.17. The van der Waals surface area contributed by atoms with Gasteiger partial charge in [-0.25, -0.2) is 14.7 Å². The highest BCUT2D eigenvalue weighted by atomic mass is 16.4. The van der Waals surface area contributed by atoms with Gasteiger partial charge in [0.15, 0.2) is 0 Å². The standard InChI is InChI=1S/C13H14N4O4/c1-17(10-11(18)14-13(21)16-15-10)7-6-8-4-2-3-5-9(8)12(19)20/h2-5H,6-7H2,1H3,(H,19,20)(H2,14,16,18,21). The average Bonchev–Trinajstić information content (AvgIpc) is 2.45. The van der Waals surface area contributed by atoms with E-state index in [4.69, 9.17) is 5.11 Å². The normalized spacial score (nSPS) is 10.3. The molecule has 8 nitrogen and oxygen atoms in total. The number of aromatic amines is 2. The zero-order valence-corrected chi connectivity index (χ0v) is 11.3. The second kappa shape index (κ2) is 6.04. The zero-order valence-electron chi connectivity index (χ0n) is 11.3. The number of rotatable bonds is 5. The van der Waals surface area contributed by atoms with Gasteiger partial charge in [0.25, 0.3) is 5.56 Å². The van der Waals surface area contributed by atoms with Gasteiger partial charge in [0.2, 0.25) is 5.82 Å². The molecule has 110 valence electrons. The maximum atomic E-state index is 11.6. The van der Waals surface area contributed by atoms with Crippen LogP contribution in [0.25, 0.3) is 0 Å². The summed E-state index contributed by atoms with van der Waals surface area (Å²) in [5.74, 6) is -0.921. The molecule has 21 heavy (non-hydrogen) atoms. The molecule has 0 saturated carbocycles. The highest BCUT2D eigenvalue weighted by molar-refractivity contribution is 5.89. The van der Waals surface area contributed by atoms with Crippen LogP contribution >= 0.6 is 0 Å². The monoisotopic (exact) mass is 290 g/mol. The van der Waals surface area contributed by atoms with Crippen molar-refractivity contribution in [3.8, 4) is 0 Å². The summed E-state index contributed by atoms with van der Waals surface area (Å²) in [4.78, 5) is 37.2. The van der Waals surface area contributed by atoms with Crippen LogP contribution in [0.2, 0.25) is 0 Å². The number of carbonyl (C=O) groups is 1. The molecule has 3 N–H and O–H groups in total. The summed E-state index contributed by atoms with van der Waals surface area (Å²) < 4.78 is 0. The van der Waals surface area contributed by atoms with Gasteiger partial charge in [-0.15, -0.1) is 5.10 Å². The number of hydrogen-bond donors (Lipinski definition) is 3. The second-order valence-electron chi connectivity index (χ2n) is 4.46. The molecule has 1 heterocycles. The number of likely N-dealkylation sites (N-methyl/N-ethyl adjacent to an activating group) is 1. The van der Waals surface area contributed by atoms with Crippen LogP contribution in [-0.4, -0.2) is 39.8 Å². The molecule has 0 aliphatic carbocycles. The summed E-state index contributed by atoms with van der Waals surface area (Å²) in [6.07, 6.45) is 0.430. The molecular weight excluding hydrogens is 276 g/mol. The van der Waals surface area contributed by atoms with Crippen molar-refractivity contribution < 1.29 is 9.90 Å². The van der Waals surface area contributed by atoms with Gasteiger partial charge in [0.05, 0.1) is 5.56 Å². The molecule has 2 rings (SSSR count). The first-order valence-corrected chi connectivity index (χ1v) is 6.20. The molecule has 0 atom stereocenters. The highest BCUT2D eigenvalue weighted by Crippen LogP contribution is 2.10. The SMILES string of the molecule is CN(CCc1ccccc1C(=O)O)c1n[nH]c(=O)[nH]c1=O. The van der Waals surface area contributed by atoms with E-state index in [0.717, 1.165) is 0 Å². The molecule has 0 bridgehead atoms. The van der Waals surface area contributed by atoms with E-state index >= 15 is 0 Å². The van der Waals surface area contributed by atoms with Crippen molar-refractivity contribution in [2.24, 2.45) is 0 Å². The van der Waals surface area contributed by atoms with E-state index in [1.807, 2.05) is 0 Å². The predicted octanol–water partition coefficient (Wildman–Crippen LogP) is -0.165. The molecule has 1 aromatic heterocycles. The number of hydrogen-bond acceptors (Lipinski definition) is 5. The largest absolute Gasteiger partial charge is 0.478 e. The van der Waals surface area contributed by atoms with Crippen LogP contribution in [-0.2, 0) is 6.42 Å². The Morgan fingerprint density at radius 1 is 1.33 bits per heavy atom. The van der Waals surface area contributed by atoms with E-state index < -0.39 is 17.2 Å². The van der Waals surface area contributed by atoms with Crippen LogP contribution in [0, 0.1) is 0 Å². The Balaban J connectivity index is 2.15. The molecule has 2 aromatic rings. The third kappa shape index (κ3) is 3.35. The van der Waals surface area contributed by atoms with E-state index in [-0.39, 0.29) is 11.4 Å². The van der Waals surface area contributed by atoms with Gasteiger partial charge in [0, 0.05) is 13.6 Å². The Morgan fingerprint density at radius 3 is 2.71 bits per heavy atom. The van der Waals surface area contributed by atoms with Crippen molar-refractivity contribution in [2.45, 2.75) is 6.42 Å². The van der Waals surface area contributed by atoms with Gasteiger partial charge in [-0.05, 0) is 18.1 Å². The van der Waals surface area contributed by atoms with Crippen LogP contribution < -0.4 is 16.1 Å². The van der Waals surface area contributed by atoms with E-state index in [1.54, 1.807) is 30.1 Å². The molecule has 0 saturated heterocycles. The molecule has 0 aliphatic rings. The fraction of sp³-hybridized carbons (Fsp3) is 0.231. The Hall–Kier alpha value is -2.90. The lowest BCUT2D eigenvalue weighted by Crippen LogP contribution is -2.33. The molecular formula is C13H14N4O4. The van der Waals surface area contributed by atoms with Crippen molar-refractivity contribution in [1.82, 2.24) is 15.2 Å². The third-order valence-corrected chi connectivity index (χ3v) is 3.02. The van der Waals surface area contributed by atoms with E-state index in [1.165, 1.54) is 6.07 Å². The molecule has 0 unspecified atom stereocenters. The van der Waals surface area contributed by atoms with Gasteiger partial charge in [-0.2, -0.15) is 0 Å². The Morgan fingerprint density at radius 2 is 2.05 bits per heavy atom. The van der Waals surface area contributed by atoms with Gasteiger partial charge in [0.1, 0.15) is 0 Å². The van der Waals surface area contributed by atoms with Crippen LogP contribution in [0.4, 0.5) is 5.82 Å². The number of anilines is 1. The van der Waals surface area contributed by atoms with Crippen molar-refractivity contribution in [3.63, 3.8) is 0 Å². The zero-order chi connectivity index (χ0) is 15.4. The highest BCUT2D eigenvalue weighted by Gasteiger charge is 2.12. The number of nitrogens with zero attached hydrogens (tertiary/aromatic N) is 2. The summed E-state index contributed by atoms with van der Waals surface area (Å²) in [7, 11) is 1.64. The molecule has 1 aromatic carbocycles. The topological polar surface area (TPSA) is 119 Å². The number of carboxylic acid groups (broad SMARTS) is 1. The lowest BCUT2D eigenvalue weighted by atomic mass is 10.0. The van der Waals surface area contributed by atoms with Crippen molar-refractivity contribution in [2.75, 3.05) is 18.5 Å². The van der Waals surface area contributed by atoms with Gasteiger partial charge < -0.3 is 10.0 Å². The number of H-pyrrole nitrogens is 2. The molecule has 0 fully saturated rings. The molecule has 0 aliphatic heterocycles. The first-order chi connectivity index (χ1) is 9.99. The number of aromatic carboxylic acids is 1. The van der Waals surface area contributed by atoms with Crippen molar-refractivity contribution in [1.29, 1.82) is 0 Å². The number of nitrogens with one attached hydrogen (secondary N) is 2. The van der Waals surface area contributed by atoms with Gasteiger partial charge in [-0.3, -0.25) is 9.78 Å². The Labute approximate surface area is 119 Å². The van der Waals surface area contributed by atoms with Crippen molar-refractivity contribution >= 4 is 11.8 Å². The Bertz CT molecular complexity index is 765. The maximum Gasteiger partial charge on any atom is 0.342 e. The van der Waals surface area contributed by atoms with E-state index in [2.05, 4.69) is 15.2 Å². The molecule has 0 radical (unpaired) electrons. The smallest absolute Gasteiger partial charge is 0.342 e. The summed E-state index contributed by atoms with van der Waals surface area (Å²) in [5.41, 5.74) is -0.368. The second-order valence-corrected chi connectivity index (χ2v) is 4.46. The summed E-state index contributed by atoms with van der Waals surface area (Å²) in [5, 5.41) is 14.9. The summed E-state index contributed by atoms with van der Waals surface area (Å²) >= 11 is 0. The summed E-state index contributed by atoms with van der Waals surface area (Å²) in [6, 6.07) is 6.67. The first kappa shape index (κ1) is 14.5.